The molecule has 0 atom stereocenters. The third-order valence-electron chi connectivity index (χ3n) is 4.90. The number of hydrogen-bond donors (Lipinski definition) is 1. The van der Waals surface area contributed by atoms with Crippen LogP contribution in [0.5, 0.6) is 0 Å². The fourth-order valence-corrected chi connectivity index (χ4v) is 3.47. The second-order valence-corrected chi connectivity index (χ2v) is 7.58. The zero-order valence-corrected chi connectivity index (χ0v) is 17.2. The standard InChI is InChI=1S/C21H34N4O2/c1-5-25(6-2)21(27)18-8-7-9-19(14-18)22-20(26)16-24-12-10-23(11-13-24)15-17(3)4/h7-9,14,17H,5-6,10-13,15-16H2,1-4H3,(H,22,26). The van der Waals surface area contributed by atoms with Gasteiger partial charge in [-0.05, 0) is 38.0 Å². The molecule has 2 rings (SSSR count). The average molecular weight is 375 g/mol. The second kappa shape index (κ2) is 10.4. The predicted molar refractivity (Wildman–Crippen MR) is 110 cm³/mol. The lowest BCUT2D eigenvalue weighted by atomic mass is 10.1. The van der Waals surface area contributed by atoms with Crippen molar-refractivity contribution in [1.82, 2.24) is 14.7 Å². The van der Waals surface area contributed by atoms with E-state index in [9.17, 15) is 9.59 Å². The van der Waals surface area contributed by atoms with Crippen molar-refractivity contribution >= 4 is 17.5 Å². The van der Waals surface area contributed by atoms with Crippen LogP contribution in [0, 0.1) is 5.92 Å². The highest BCUT2D eigenvalue weighted by Crippen LogP contribution is 2.13. The molecule has 6 nitrogen and oxygen atoms in total. The molecule has 1 aliphatic heterocycles. The van der Waals surface area contributed by atoms with E-state index in [2.05, 4.69) is 29.0 Å². The number of hydrogen-bond acceptors (Lipinski definition) is 4. The van der Waals surface area contributed by atoms with Gasteiger partial charge in [0.2, 0.25) is 5.91 Å². The number of piperazine rings is 1. The molecule has 6 heteroatoms. The zero-order chi connectivity index (χ0) is 19.8. The average Bonchev–Trinajstić information content (AvgIpc) is 2.64. The first-order valence-electron chi connectivity index (χ1n) is 10.1. The Kier molecular flexibility index (Phi) is 8.25. The number of benzene rings is 1. The molecule has 1 heterocycles. The number of nitrogens with zero attached hydrogens (tertiary/aromatic N) is 3. The molecule has 1 aromatic rings. The highest BCUT2D eigenvalue weighted by Gasteiger charge is 2.19. The number of amides is 2. The van der Waals surface area contributed by atoms with Crippen LogP contribution in [0.3, 0.4) is 0 Å². The van der Waals surface area contributed by atoms with Crippen molar-refractivity contribution in [1.29, 1.82) is 0 Å². The molecule has 0 saturated carbocycles. The third-order valence-corrected chi connectivity index (χ3v) is 4.90. The largest absolute Gasteiger partial charge is 0.339 e. The molecular formula is C21H34N4O2. The quantitative estimate of drug-likeness (QED) is 0.759. The molecule has 0 spiro atoms. The molecule has 1 N–H and O–H groups in total. The lowest BCUT2D eigenvalue weighted by Gasteiger charge is -2.35. The fraction of sp³-hybridized carbons (Fsp3) is 0.619. The van der Waals surface area contributed by atoms with Crippen LogP contribution in [0.25, 0.3) is 0 Å². The third kappa shape index (κ3) is 6.63. The van der Waals surface area contributed by atoms with Crippen molar-refractivity contribution in [3.05, 3.63) is 29.8 Å². The maximum atomic E-state index is 12.5. The Morgan fingerprint density at radius 1 is 1.07 bits per heavy atom. The number of nitrogens with one attached hydrogen (secondary N) is 1. The smallest absolute Gasteiger partial charge is 0.253 e. The summed E-state index contributed by atoms with van der Waals surface area (Å²) in [5.41, 5.74) is 1.29. The summed E-state index contributed by atoms with van der Waals surface area (Å²) in [7, 11) is 0. The minimum absolute atomic E-state index is 0.00243. The molecule has 0 aromatic heterocycles. The summed E-state index contributed by atoms with van der Waals surface area (Å²) in [4.78, 5) is 31.3. The minimum Gasteiger partial charge on any atom is -0.339 e. The van der Waals surface area contributed by atoms with Gasteiger partial charge in [-0.25, -0.2) is 0 Å². The first-order chi connectivity index (χ1) is 12.9. The van der Waals surface area contributed by atoms with E-state index in [1.165, 1.54) is 0 Å². The Bertz CT molecular complexity index is 620. The number of carbonyl (C=O) groups excluding carboxylic acids is 2. The van der Waals surface area contributed by atoms with Gasteiger partial charge in [0, 0.05) is 57.1 Å². The molecule has 1 aliphatic rings. The Morgan fingerprint density at radius 2 is 1.70 bits per heavy atom. The SMILES string of the molecule is CCN(CC)C(=O)c1cccc(NC(=O)CN2CCN(CC(C)C)CC2)c1. The van der Waals surface area contributed by atoms with Crippen LogP contribution in [-0.2, 0) is 4.79 Å². The van der Waals surface area contributed by atoms with E-state index in [4.69, 9.17) is 0 Å². The molecule has 150 valence electrons. The Morgan fingerprint density at radius 3 is 2.30 bits per heavy atom. The second-order valence-electron chi connectivity index (χ2n) is 7.58. The van der Waals surface area contributed by atoms with Gasteiger partial charge in [-0.3, -0.25) is 14.5 Å². The summed E-state index contributed by atoms with van der Waals surface area (Å²) in [6, 6.07) is 7.21. The maximum Gasteiger partial charge on any atom is 0.253 e. The van der Waals surface area contributed by atoms with Crippen LogP contribution < -0.4 is 5.32 Å². The highest BCUT2D eigenvalue weighted by atomic mass is 16.2. The van der Waals surface area contributed by atoms with E-state index in [1.807, 2.05) is 26.0 Å². The van der Waals surface area contributed by atoms with Crippen LogP contribution in [0.2, 0.25) is 0 Å². The van der Waals surface area contributed by atoms with E-state index in [1.54, 1.807) is 17.0 Å². The van der Waals surface area contributed by atoms with Gasteiger partial charge < -0.3 is 15.1 Å². The van der Waals surface area contributed by atoms with Gasteiger partial charge in [-0.2, -0.15) is 0 Å². The lowest BCUT2D eigenvalue weighted by molar-refractivity contribution is -0.117. The Balaban J connectivity index is 1.86. The summed E-state index contributed by atoms with van der Waals surface area (Å²) in [5, 5.41) is 2.94. The molecule has 1 saturated heterocycles. The molecule has 0 radical (unpaired) electrons. The van der Waals surface area contributed by atoms with Gasteiger partial charge in [-0.15, -0.1) is 0 Å². The van der Waals surface area contributed by atoms with Crippen molar-refractivity contribution in [2.75, 3.05) is 57.7 Å². The van der Waals surface area contributed by atoms with E-state index in [-0.39, 0.29) is 11.8 Å². The van der Waals surface area contributed by atoms with Crippen LogP contribution in [0.1, 0.15) is 38.1 Å². The van der Waals surface area contributed by atoms with Crippen molar-refractivity contribution in [2.24, 2.45) is 5.92 Å². The summed E-state index contributed by atoms with van der Waals surface area (Å²) >= 11 is 0. The maximum absolute atomic E-state index is 12.5. The molecule has 1 aromatic carbocycles. The summed E-state index contributed by atoms with van der Waals surface area (Å²) in [6.07, 6.45) is 0. The molecule has 0 unspecified atom stereocenters. The van der Waals surface area contributed by atoms with Crippen LogP contribution in [0.4, 0.5) is 5.69 Å². The Labute approximate surface area is 163 Å². The zero-order valence-electron chi connectivity index (χ0n) is 17.2. The van der Waals surface area contributed by atoms with Gasteiger partial charge >= 0.3 is 0 Å². The van der Waals surface area contributed by atoms with Crippen LogP contribution >= 0.6 is 0 Å². The molecule has 1 fully saturated rings. The van der Waals surface area contributed by atoms with E-state index in [0.717, 1.165) is 32.7 Å². The van der Waals surface area contributed by atoms with E-state index < -0.39 is 0 Å². The van der Waals surface area contributed by atoms with E-state index in [0.29, 0.717) is 36.8 Å². The normalized spacial score (nSPS) is 15.7. The van der Waals surface area contributed by atoms with Crippen LogP contribution in [0.15, 0.2) is 24.3 Å². The number of carbonyl (C=O) groups is 2. The van der Waals surface area contributed by atoms with Crippen molar-refractivity contribution in [2.45, 2.75) is 27.7 Å². The highest BCUT2D eigenvalue weighted by molar-refractivity contribution is 5.97. The Hall–Kier alpha value is -1.92. The predicted octanol–water partition coefficient (Wildman–Crippen LogP) is 2.38. The van der Waals surface area contributed by atoms with Gasteiger partial charge in [0.25, 0.3) is 5.91 Å². The monoisotopic (exact) mass is 374 g/mol. The first kappa shape index (κ1) is 21.4. The topological polar surface area (TPSA) is 55.9 Å². The summed E-state index contributed by atoms with van der Waals surface area (Å²) < 4.78 is 0. The number of rotatable bonds is 8. The lowest BCUT2D eigenvalue weighted by Crippen LogP contribution is -2.49. The summed E-state index contributed by atoms with van der Waals surface area (Å²) in [6.45, 7) is 15.1. The van der Waals surface area contributed by atoms with Gasteiger partial charge in [0.15, 0.2) is 0 Å². The van der Waals surface area contributed by atoms with Crippen molar-refractivity contribution < 1.29 is 9.59 Å². The van der Waals surface area contributed by atoms with E-state index >= 15 is 0 Å². The minimum atomic E-state index is -0.0280. The molecule has 2 amide bonds. The van der Waals surface area contributed by atoms with Crippen LogP contribution in [-0.4, -0.2) is 78.9 Å². The first-order valence-corrected chi connectivity index (χ1v) is 10.1. The number of anilines is 1. The van der Waals surface area contributed by atoms with Gasteiger partial charge in [0.1, 0.15) is 0 Å². The fourth-order valence-electron chi connectivity index (χ4n) is 3.47. The van der Waals surface area contributed by atoms with Gasteiger partial charge in [0.05, 0.1) is 6.54 Å². The van der Waals surface area contributed by atoms with Gasteiger partial charge in [-0.1, -0.05) is 19.9 Å². The van der Waals surface area contributed by atoms with Crippen molar-refractivity contribution in [3.8, 4) is 0 Å². The molecule has 0 bridgehead atoms. The summed E-state index contributed by atoms with van der Waals surface area (Å²) in [5.74, 6) is 0.642. The molecule has 27 heavy (non-hydrogen) atoms. The molecule has 0 aliphatic carbocycles. The van der Waals surface area contributed by atoms with Crippen molar-refractivity contribution in [3.63, 3.8) is 0 Å². The molecular weight excluding hydrogens is 340 g/mol.